The van der Waals surface area contributed by atoms with Gasteiger partial charge in [0.2, 0.25) is 16.0 Å². The summed E-state index contributed by atoms with van der Waals surface area (Å²) in [6.45, 7) is 0.443. The molecule has 0 unspecified atom stereocenters. The van der Waals surface area contributed by atoms with Crippen LogP contribution in [0.1, 0.15) is 0 Å². The third kappa shape index (κ3) is 2.99. The molecule has 7 nitrogen and oxygen atoms in total. The van der Waals surface area contributed by atoms with E-state index in [-0.39, 0.29) is 24.8 Å². The Morgan fingerprint density at radius 2 is 2.20 bits per heavy atom. The van der Waals surface area contributed by atoms with E-state index >= 15 is 0 Å². The molecule has 0 saturated carbocycles. The summed E-state index contributed by atoms with van der Waals surface area (Å²) in [5.74, 6) is -0.267. The molecule has 0 bridgehead atoms. The molecule has 1 heterocycles. The van der Waals surface area contributed by atoms with E-state index in [0.717, 1.165) is 6.26 Å². The molecule has 110 valence electrons. The summed E-state index contributed by atoms with van der Waals surface area (Å²) in [4.78, 5) is 4.03. The molecule has 20 heavy (non-hydrogen) atoms. The molecule has 0 aliphatic carbocycles. The number of hydrogen-bond donors (Lipinski definition) is 2. The Balaban J connectivity index is 2.35. The maximum Gasteiger partial charge on any atom is 0.208 e. The summed E-state index contributed by atoms with van der Waals surface area (Å²) in [5, 5.41) is 0. The van der Waals surface area contributed by atoms with Crippen molar-refractivity contribution < 1.29 is 17.5 Å². The van der Waals surface area contributed by atoms with E-state index in [4.69, 9.17) is 10.5 Å². The van der Waals surface area contributed by atoms with Crippen molar-refractivity contribution in [2.45, 2.75) is 6.54 Å². The number of rotatable bonds is 5. The lowest BCUT2D eigenvalue weighted by Crippen LogP contribution is -2.26. The van der Waals surface area contributed by atoms with Gasteiger partial charge in [0, 0.05) is 25.2 Å². The fraction of sp³-hybridized carbons (Fsp3) is 0.364. The molecule has 1 aromatic heterocycles. The second kappa shape index (κ2) is 5.25. The van der Waals surface area contributed by atoms with Gasteiger partial charge in [-0.3, -0.25) is 0 Å². The predicted molar refractivity (Wildman–Crippen MR) is 73.5 cm³/mol. The number of benzene rings is 1. The lowest BCUT2D eigenvalue weighted by Gasteiger charge is -2.08. The smallest absolute Gasteiger partial charge is 0.208 e. The zero-order valence-corrected chi connectivity index (χ0v) is 11.9. The summed E-state index contributed by atoms with van der Waals surface area (Å²) in [6.07, 6.45) is 1.07. The molecule has 0 atom stereocenters. The van der Waals surface area contributed by atoms with Crippen molar-refractivity contribution in [3.05, 3.63) is 17.9 Å². The number of fused-ring (bicyclic) bond motifs is 1. The maximum atomic E-state index is 13.6. The number of nitrogens with two attached hydrogens (primary N) is 1. The highest BCUT2D eigenvalue weighted by Crippen LogP contribution is 2.26. The lowest BCUT2D eigenvalue weighted by molar-refractivity contribution is 0.387. The monoisotopic (exact) mass is 302 g/mol. The predicted octanol–water partition coefficient (Wildman–Crippen LogP) is 0.315. The van der Waals surface area contributed by atoms with Crippen LogP contribution in [0, 0.1) is 5.82 Å². The number of sulfonamides is 1. The number of anilines is 1. The Labute approximate surface area is 115 Å². The molecular weight excluding hydrogens is 287 g/mol. The van der Waals surface area contributed by atoms with Crippen LogP contribution in [-0.4, -0.2) is 37.9 Å². The minimum absolute atomic E-state index is 0.0784. The number of nitrogen functional groups attached to an aromatic ring is 1. The van der Waals surface area contributed by atoms with Crippen molar-refractivity contribution in [1.82, 2.24) is 14.3 Å². The van der Waals surface area contributed by atoms with Crippen molar-refractivity contribution in [3.63, 3.8) is 0 Å². The average molecular weight is 302 g/mol. The normalized spacial score (nSPS) is 11.9. The summed E-state index contributed by atoms with van der Waals surface area (Å²) in [7, 11) is -1.91. The second-order valence-corrected chi connectivity index (χ2v) is 6.10. The molecule has 0 saturated heterocycles. The summed E-state index contributed by atoms with van der Waals surface area (Å²) in [6, 6.07) is 2.71. The molecule has 3 N–H and O–H groups in total. The minimum Gasteiger partial charge on any atom is -0.494 e. The van der Waals surface area contributed by atoms with Crippen LogP contribution in [0.2, 0.25) is 0 Å². The van der Waals surface area contributed by atoms with Gasteiger partial charge in [0.15, 0.2) is 11.6 Å². The molecule has 9 heteroatoms. The lowest BCUT2D eigenvalue weighted by atomic mass is 10.3. The first-order chi connectivity index (χ1) is 9.31. The third-order valence-electron chi connectivity index (χ3n) is 2.75. The zero-order valence-electron chi connectivity index (χ0n) is 11.1. The van der Waals surface area contributed by atoms with Crippen LogP contribution >= 0.6 is 0 Å². The number of nitrogens with zero attached hydrogens (tertiary/aromatic N) is 2. The van der Waals surface area contributed by atoms with E-state index in [0.29, 0.717) is 11.0 Å². The Hall–Kier alpha value is -1.87. The first-order valence-corrected chi connectivity index (χ1v) is 7.65. The highest BCUT2D eigenvalue weighted by Gasteiger charge is 2.13. The van der Waals surface area contributed by atoms with Crippen LogP contribution in [0.4, 0.5) is 10.3 Å². The number of ether oxygens (including phenoxy) is 1. The standard InChI is InChI=1S/C11H15FN4O3S/c1-19-10-6-9-8(5-7(10)12)15-11(13)16(9)4-3-14-20(2,17)18/h5-6,14H,3-4H2,1-2H3,(H2,13,15). The van der Waals surface area contributed by atoms with E-state index < -0.39 is 15.8 Å². The molecule has 2 aromatic rings. The Kier molecular flexibility index (Phi) is 3.82. The fourth-order valence-corrected chi connectivity index (χ4v) is 2.34. The zero-order chi connectivity index (χ0) is 14.9. The summed E-state index contributed by atoms with van der Waals surface area (Å²) >= 11 is 0. The average Bonchev–Trinajstić information content (AvgIpc) is 2.62. The molecule has 0 aliphatic heterocycles. The topological polar surface area (TPSA) is 99.2 Å². The van der Waals surface area contributed by atoms with E-state index in [2.05, 4.69) is 9.71 Å². The first-order valence-electron chi connectivity index (χ1n) is 5.75. The molecule has 0 aliphatic rings. The first kappa shape index (κ1) is 14.5. The molecular formula is C11H15FN4O3S. The Morgan fingerprint density at radius 3 is 2.80 bits per heavy atom. The van der Waals surface area contributed by atoms with Crippen molar-refractivity contribution in [3.8, 4) is 5.75 Å². The van der Waals surface area contributed by atoms with E-state index in [9.17, 15) is 12.8 Å². The SMILES string of the molecule is COc1cc2c(cc1F)nc(N)n2CCNS(C)(=O)=O. The van der Waals surface area contributed by atoms with Crippen LogP contribution in [0.5, 0.6) is 5.75 Å². The van der Waals surface area contributed by atoms with Crippen LogP contribution < -0.4 is 15.2 Å². The van der Waals surface area contributed by atoms with Crippen molar-refractivity contribution in [2.75, 3.05) is 25.6 Å². The number of hydrogen-bond acceptors (Lipinski definition) is 5. The van der Waals surface area contributed by atoms with Gasteiger partial charge in [0.25, 0.3) is 0 Å². The molecule has 0 radical (unpaired) electrons. The number of halogens is 1. The van der Waals surface area contributed by atoms with Crippen LogP contribution in [0.15, 0.2) is 12.1 Å². The van der Waals surface area contributed by atoms with Crippen molar-refractivity contribution in [1.29, 1.82) is 0 Å². The van der Waals surface area contributed by atoms with E-state index in [1.807, 2.05) is 0 Å². The van der Waals surface area contributed by atoms with Gasteiger partial charge < -0.3 is 15.0 Å². The van der Waals surface area contributed by atoms with Gasteiger partial charge in [-0.05, 0) is 0 Å². The highest BCUT2D eigenvalue weighted by molar-refractivity contribution is 7.88. The molecule has 0 spiro atoms. The molecule has 1 aromatic carbocycles. The summed E-state index contributed by atoms with van der Waals surface area (Å²) < 4.78 is 44.5. The fourth-order valence-electron chi connectivity index (χ4n) is 1.88. The van der Waals surface area contributed by atoms with Gasteiger partial charge in [-0.1, -0.05) is 0 Å². The van der Waals surface area contributed by atoms with E-state index in [1.165, 1.54) is 19.2 Å². The Morgan fingerprint density at radius 1 is 1.50 bits per heavy atom. The number of aromatic nitrogens is 2. The van der Waals surface area contributed by atoms with Crippen LogP contribution in [0.3, 0.4) is 0 Å². The van der Waals surface area contributed by atoms with Crippen molar-refractivity contribution in [2.24, 2.45) is 0 Å². The minimum atomic E-state index is -3.27. The van der Waals surface area contributed by atoms with E-state index in [1.54, 1.807) is 4.57 Å². The number of nitrogens with one attached hydrogen (secondary N) is 1. The van der Waals surface area contributed by atoms with Crippen molar-refractivity contribution >= 4 is 27.0 Å². The second-order valence-electron chi connectivity index (χ2n) is 4.26. The van der Waals surface area contributed by atoms with Gasteiger partial charge in [-0.2, -0.15) is 0 Å². The quantitative estimate of drug-likeness (QED) is 0.828. The van der Waals surface area contributed by atoms with Gasteiger partial charge in [0.05, 0.1) is 24.4 Å². The van der Waals surface area contributed by atoms with Crippen LogP contribution in [-0.2, 0) is 16.6 Å². The highest BCUT2D eigenvalue weighted by atomic mass is 32.2. The van der Waals surface area contributed by atoms with Gasteiger partial charge in [-0.15, -0.1) is 0 Å². The van der Waals surface area contributed by atoms with Crippen LogP contribution in [0.25, 0.3) is 11.0 Å². The summed E-state index contributed by atoms with van der Waals surface area (Å²) in [5.41, 5.74) is 6.72. The van der Waals surface area contributed by atoms with Gasteiger partial charge in [-0.25, -0.2) is 22.5 Å². The largest absolute Gasteiger partial charge is 0.494 e. The molecule has 0 amide bonds. The maximum absolute atomic E-state index is 13.6. The molecule has 0 fully saturated rings. The Bertz CT molecular complexity index is 742. The number of methoxy groups -OCH3 is 1. The number of imidazole rings is 1. The molecule has 2 rings (SSSR count). The van der Waals surface area contributed by atoms with Gasteiger partial charge >= 0.3 is 0 Å². The van der Waals surface area contributed by atoms with Gasteiger partial charge in [0.1, 0.15) is 0 Å². The third-order valence-corrected chi connectivity index (χ3v) is 3.48.